The van der Waals surface area contributed by atoms with E-state index < -0.39 is 11.4 Å². The fourth-order valence-electron chi connectivity index (χ4n) is 5.88. The zero-order chi connectivity index (χ0) is 31.6. The topological polar surface area (TPSA) is 114 Å². The molecule has 0 unspecified atom stereocenters. The van der Waals surface area contributed by atoms with Crippen LogP contribution in [-0.2, 0) is 29.7 Å². The Morgan fingerprint density at radius 1 is 0.933 bits per heavy atom. The Kier molecular flexibility index (Phi) is 8.83. The number of fused-ring (bicyclic) bond motifs is 3. The number of nitrogens with zero attached hydrogens (tertiary/aromatic N) is 4. The molecule has 0 spiro atoms. The lowest BCUT2D eigenvalue weighted by Gasteiger charge is -2.37. The van der Waals surface area contributed by atoms with Gasteiger partial charge in [-0.05, 0) is 85.8 Å². The number of benzene rings is 3. The fourth-order valence-corrected chi connectivity index (χ4v) is 6.00. The van der Waals surface area contributed by atoms with Crippen molar-refractivity contribution in [2.45, 2.75) is 38.7 Å². The lowest BCUT2D eigenvalue weighted by Crippen LogP contribution is -2.48. The Bertz CT molecular complexity index is 1670. The standard InChI is InChI=1S/C35H38ClN5O4/c1-35(2,33(42)43)25-6-10-27(11-7-25)44-20-19-40-15-17-41(18-16-40)32-30-13-5-24-21-28(45-22-23-3-8-26(36)9-4-23)12-14-29(24)31(30)38-34(37)39-32/h3-4,6-12,14,21H,5,13,15-20,22H2,1-2H3,(H,42,43)(H2,37,38,39). The second-order valence-corrected chi connectivity index (χ2v) is 12.5. The number of anilines is 2. The predicted octanol–water partition coefficient (Wildman–Crippen LogP) is 5.62. The minimum Gasteiger partial charge on any atom is -0.492 e. The van der Waals surface area contributed by atoms with Gasteiger partial charge >= 0.3 is 5.97 Å². The van der Waals surface area contributed by atoms with Crippen LogP contribution < -0.4 is 20.1 Å². The molecule has 1 aliphatic heterocycles. The molecular formula is C35H38ClN5O4. The first-order chi connectivity index (χ1) is 21.7. The van der Waals surface area contributed by atoms with Crippen LogP contribution in [0.25, 0.3) is 11.3 Å². The molecule has 9 nitrogen and oxygen atoms in total. The highest BCUT2D eigenvalue weighted by Gasteiger charge is 2.30. The molecule has 0 amide bonds. The third-order valence-electron chi connectivity index (χ3n) is 8.76. The first-order valence-corrected chi connectivity index (χ1v) is 15.7. The highest BCUT2D eigenvalue weighted by atomic mass is 35.5. The van der Waals surface area contributed by atoms with Gasteiger partial charge in [-0.2, -0.15) is 4.98 Å². The minimum atomic E-state index is -0.938. The third kappa shape index (κ3) is 6.84. The van der Waals surface area contributed by atoms with E-state index in [-0.39, 0.29) is 5.95 Å². The SMILES string of the molecule is CC(C)(C(=O)O)c1ccc(OCCN2CCN(c3nc(N)nc4c3CCc3cc(OCc5ccc(Cl)cc5)ccc3-4)CC2)cc1. The Hall–Kier alpha value is -4.34. The van der Waals surface area contributed by atoms with Crippen LogP contribution in [0.5, 0.6) is 11.5 Å². The minimum absolute atomic E-state index is 0.285. The van der Waals surface area contributed by atoms with Gasteiger partial charge in [0.05, 0.1) is 11.1 Å². The summed E-state index contributed by atoms with van der Waals surface area (Å²) in [6, 6.07) is 21.2. The van der Waals surface area contributed by atoms with Crippen molar-refractivity contribution in [1.82, 2.24) is 14.9 Å². The van der Waals surface area contributed by atoms with Crippen molar-refractivity contribution < 1.29 is 19.4 Å². The van der Waals surface area contributed by atoms with Crippen molar-refractivity contribution >= 4 is 29.3 Å². The molecule has 2 aliphatic rings. The maximum atomic E-state index is 11.5. The molecule has 1 saturated heterocycles. The van der Waals surface area contributed by atoms with E-state index in [4.69, 9.17) is 31.8 Å². The van der Waals surface area contributed by atoms with E-state index in [0.29, 0.717) is 18.2 Å². The van der Waals surface area contributed by atoms with Gasteiger partial charge in [-0.3, -0.25) is 9.69 Å². The molecule has 2 heterocycles. The van der Waals surface area contributed by atoms with E-state index in [9.17, 15) is 9.90 Å². The van der Waals surface area contributed by atoms with Crippen LogP contribution in [0, 0.1) is 0 Å². The van der Waals surface area contributed by atoms with Gasteiger partial charge in [0, 0.05) is 48.9 Å². The van der Waals surface area contributed by atoms with Crippen molar-refractivity contribution in [3.05, 3.63) is 94.0 Å². The molecular weight excluding hydrogens is 590 g/mol. The van der Waals surface area contributed by atoms with Crippen LogP contribution in [0.4, 0.5) is 11.8 Å². The van der Waals surface area contributed by atoms with E-state index in [2.05, 4.69) is 26.9 Å². The van der Waals surface area contributed by atoms with Crippen molar-refractivity contribution in [2.24, 2.45) is 0 Å². The maximum Gasteiger partial charge on any atom is 0.313 e. The first-order valence-electron chi connectivity index (χ1n) is 15.3. The summed E-state index contributed by atoms with van der Waals surface area (Å²) in [7, 11) is 0. The third-order valence-corrected chi connectivity index (χ3v) is 9.01. The van der Waals surface area contributed by atoms with E-state index in [1.807, 2.05) is 54.6 Å². The van der Waals surface area contributed by atoms with Crippen LogP contribution in [0.15, 0.2) is 66.7 Å². The number of aliphatic carboxylic acids is 1. The summed E-state index contributed by atoms with van der Waals surface area (Å²) < 4.78 is 12.0. The molecule has 1 fully saturated rings. The number of nitrogen functional groups attached to an aromatic ring is 1. The predicted molar refractivity (Wildman–Crippen MR) is 176 cm³/mol. The van der Waals surface area contributed by atoms with Crippen molar-refractivity contribution in [2.75, 3.05) is 50.0 Å². The number of carbonyl (C=O) groups is 1. The zero-order valence-electron chi connectivity index (χ0n) is 25.6. The van der Waals surface area contributed by atoms with Gasteiger partial charge in [0.1, 0.15) is 30.5 Å². The quantitative estimate of drug-likeness (QED) is 0.231. The molecule has 6 rings (SSSR count). The van der Waals surface area contributed by atoms with Crippen molar-refractivity contribution in [1.29, 1.82) is 0 Å². The molecule has 0 bridgehead atoms. The van der Waals surface area contributed by atoms with Crippen molar-refractivity contribution in [3.63, 3.8) is 0 Å². The molecule has 0 saturated carbocycles. The summed E-state index contributed by atoms with van der Waals surface area (Å²) >= 11 is 6.00. The molecule has 4 aromatic rings. The van der Waals surface area contributed by atoms with Gasteiger partial charge in [-0.1, -0.05) is 35.9 Å². The zero-order valence-corrected chi connectivity index (χ0v) is 26.4. The maximum absolute atomic E-state index is 11.5. The number of hydrogen-bond acceptors (Lipinski definition) is 8. The number of hydrogen-bond donors (Lipinski definition) is 2. The normalized spacial score (nSPS) is 14.9. The molecule has 1 aliphatic carbocycles. The number of halogens is 1. The summed E-state index contributed by atoms with van der Waals surface area (Å²) in [6.45, 7) is 8.69. The van der Waals surface area contributed by atoms with Gasteiger partial charge < -0.3 is 25.2 Å². The highest BCUT2D eigenvalue weighted by molar-refractivity contribution is 6.30. The monoisotopic (exact) mass is 627 g/mol. The van der Waals surface area contributed by atoms with Crippen LogP contribution >= 0.6 is 11.6 Å². The summed E-state index contributed by atoms with van der Waals surface area (Å²) in [5, 5.41) is 10.2. The van der Waals surface area contributed by atoms with Crippen molar-refractivity contribution in [3.8, 4) is 22.8 Å². The fraction of sp³-hybridized carbons (Fsp3) is 0.343. The largest absolute Gasteiger partial charge is 0.492 e. The van der Waals surface area contributed by atoms with Crippen LogP contribution in [-0.4, -0.2) is 65.3 Å². The van der Waals surface area contributed by atoms with Gasteiger partial charge in [0.2, 0.25) is 5.95 Å². The number of nitrogens with two attached hydrogens (primary N) is 1. The summed E-state index contributed by atoms with van der Waals surface area (Å²) in [5.41, 5.74) is 11.5. The molecule has 3 aromatic carbocycles. The molecule has 0 radical (unpaired) electrons. The van der Waals surface area contributed by atoms with Crippen LogP contribution in [0.1, 0.15) is 36.1 Å². The number of piperazine rings is 1. The number of ether oxygens (including phenoxy) is 2. The molecule has 234 valence electrons. The van der Waals surface area contributed by atoms with E-state index in [0.717, 1.165) is 90.8 Å². The number of aromatic nitrogens is 2. The second-order valence-electron chi connectivity index (χ2n) is 12.1. The van der Waals surface area contributed by atoms with E-state index >= 15 is 0 Å². The highest BCUT2D eigenvalue weighted by Crippen LogP contribution is 2.38. The Labute approximate surface area is 268 Å². The molecule has 45 heavy (non-hydrogen) atoms. The molecule has 10 heteroatoms. The van der Waals surface area contributed by atoms with E-state index in [1.54, 1.807) is 13.8 Å². The Morgan fingerprint density at radius 3 is 2.36 bits per heavy atom. The Balaban J connectivity index is 1.05. The molecule has 0 atom stereocenters. The average molecular weight is 628 g/mol. The summed E-state index contributed by atoms with van der Waals surface area (Å²) in [5.74, 6) is 1.94. The number of rotatable bonds is 10. The van der Waals surface area contributed by atoms with Crippen LogP contribution in [0.2, 0.25) is 5.02 Å². The van der Waals surface area contributed by atoms with Gasteiger partial charge in [0.15, 0.2) is 0 Å². The second kappa shape index (κ2) is 12.9. The average Bonchev–Trinajstić information content (AvgIpc) is 3.04. The summed E-state index contributed by atoms with van der Waals surface area (Å²) in [6.07, 6.45) is 1.72. The van der Waals surface area contributed by atoms with Gasteiger partial charge in [0.25, 0.3) is 0 Å². The van der Waals surface area contributed by atoms with E-state index in [1.165, 1.54) is 5.56 Å². The molecule has 3 N–H and O–H groups in total. The van der Waals surface area contributed by atoms with Gasteiger partial charge in [-0.15, -0.1) is 0 Å². The first kappa shape index (κ1) is 30.7. The number of aryl methyl sites for hydroxylation is 1. The summed E-state index contributed by atoms with van der Waals surface area (Å²) in [4.78, 5) is 25.6. The number of carboxylic acid groups (broad SMARTS) is 1. The van der Waals surface area contributed by atoms with Gasteiger partial charge in [-0.25, -0.2) is 4.98 Å². The molecule has 1 aromatic heterocycles. The lowest BCUT2D eigenvalue weighted by atomic mass is 9.85. The Morgan fingerprint density at radius 2 is 1.64 bits per heavy atom. The lowest BCUT2D eigenvalue weighted by molar-refractivity contribution is -0.142. The number of carboxylic acids is 1. The van der Waals surface area contributed by atoms with Crippen LogP contribution in [0.3, 0.4) is 0 Å². The smallest absolute Gasteiger partial charge is 0.313 e.